The van der Waals surface area contributed by atoms with Crippen LogP contribution >= 0.6 is 11.6 Å². The third-order valence-electron chi connectivity index (χ3n) is 5.34. The Bertz CT molecular complexity index is 798. The molecule has 0 bridgehead atoms. The number of anilines is 1. The first-order valence-electron chi connectivity index (χ1n) is 9.87. The van der Waals surface area contributed by atoms with Gasteiger partial charge in [0.05, 0.1) is 10.7 Å². The van der Waals surface area contributed by atoms with E-state index in [1.807, 2.05) is 24.0 Å². The molecule has 1 fully saturated rings. The van der Waals surface area contributed by atoms with Gasteiger partial charge in [0.1, 0.15) is 0 Å². The molecule has 5 heteroatoms. The van der Waals surface area contributed by atoms with Crippen molar-refractivity contribution in [3.8, 4) is 0 Å². The zero-order valence-corrected chi connectivity index (χ0v) is 18.0. The number of hydrogen-bond acceptors (Lipinski definition) is 2. The normalized spacial score (nSPS) is 15.5. The molecule has 0 atom stereocenters. The third-order valence-corrected chi connectivity index (χ3v) is 5.65. The van der Waals surface area contributed by atoms with Crippen molar-refractivity contribution in [1.29, 1.82) is 0 Å². The topological polar surface area (TPSA) is 35.6 Å². The monoisotopic (exact) mass is 399 g/mol. The highest BCUT2D eigenvalue weighted by Gasteiger charge is 2.22. The van der Waals surface area contributed by atoms with Crippen LogP contribution in [0.5, 0.6) is 0 Å². The van der Waals surface area contributed by atoms with E-state index in [-0.39, 0.29) is 11.4 Å². The minimum absolute atomic E-state index is 0.0784. The lowest BCUT2D eigenvalue weighted by Gasteiger charge is -2.35. The average molecular weight is 400 g/mol. The van der Waals surface area contributed by atoms with Crippen LogP contribution in [-0.2, 0) is 12.0 Å². The number of piperazine rings is 1. The van der Waals surface area contributed by atoms with Crippen LogP contribution in [-0.4, -0.2) is 42.0 Å². The van der Waals surface area contributed by atoms with Crippen molar-refractivity contribution in [3.63, 3.8) is 0 Å². The summed E-state index contributed by atoms with van der Waals surface area (Å²) in [6, 6.07) is 14.5. The van der Waals surface area contributed by atoms with Crippen molar-refractivity contribution in [2.45, 2.75) is 39.7 Å². The maximum absolute atomic E-state index is 12.6. The Labute approximate surface area is 173 Å². The Morgan fingerprint density at radius 3 is 2.25 bits per heavy atom. The van der Waals surface area contributed by atoms with Crippen molar-refractivity contribution >= 4 is 23.3 Å². The molecule has 1 saturated heterocycles. The van der Waals surface area contributed by atoms with Gasteiger partial charge < -0.3 is 10.2 Å². The quantitative estimate of drug-likeness (QED) is 0.760. The Kier molecular flexibility index (Phi) is 6.31. The Morgan fingerprint density at radius 1 is 1.04 bits per heavy atom. The van der Waals surface area contributed by atoms with Gasteiger partial charge in [0, 0.05) is 32.7 Å². The van der Waals surface area contributed by atoms with Crippen molar-refractivity contribution in [2.75, 3.05) is 31.5 Å². The van der Waals surface area contributed by atoms with Gasteiger partial charge in [-0.2, -0.15) is 0 Å². The van der Waals surface area contributed by atoms with Crippen LogP contribution < -0.4 is 5.32 Å². The van der Waals surface area contributed by atoms with E-state index in [4.69, 9.17) is 11.6 Å². The maximum Gasteiger partial charge on any atom is 0.321 e. The number of nitrogens with one attached hydrogen (secondary N) is 1. The molecule has 0 spiro atoms. The number of nitrogens with zero attached hydrogens (tertiary/aromatic N) is 2. The van der Waals surface area contributed by atoms with E-state index < -0.39 is 0 Å². The zero-order chi connectivity index (χ0) is 20.3. The number of benzene rings is 2. The number of amides is 2. The molecule has 2 aromatic rings. The van der Waals surface area contributed by atoms with Crippen molar-refractivity contribution in [3.05, 3.63) is 64.2 Å². The second kappa shape index (κ2) is 8.54. The molecule has 1 heterocycles. The SMILES string of the molecule is Cc1cccc(Cl)c1NC(=O)N1CCN(Cc2ccc(C(C)(C)C)cc2)CC1. The van der Waals surface area contributed by atoms with Gasteiger partial charge in [0.25, 0.3) is 0 Å². The summed E-state index contributed by atoms with van der Waals surface area (Å²) in [6.45, 7) is 12.7. The number of carbonyl (C=O) groups is 1. The number of halogens is 1. The molecule has 0 radical (unpaired) electrons. The summed E-state index contributed by atoms with van der Waals surface area (Å²) in [5, 5.41) is 3.54. The molecule has 0 unspecified atom stereocenters. The van der Waals surface area contributed by atoms with E-state index in [1.54, 1.807) is 6.07 Å². The molecule has 0 aliphatic carbocycles. The van der Waals surface area contributed by atoms with Crippen LogP contribution in [0.15, 0.2) is 42.5 Å². The summed E-state index contributed by atoms with van der Waals surface area (Å²) in [4.78, 5) is 16.9. The minimum Gasteiger partial charge on any atom is -0.322 e. The van der Waals surface area contributed by atoms with Gasteiger partial charge in [0.15, 0.2) is 0 Å². The molecule has 28 heavy (non-hydrogen) atoms. The third kappa shape index (κ3) is 5.06. The lowest BCUT2D eigenvalue weighted by Crippen LogP contribution is -2.49. The van der Waals surface area contributed by atoms with Gasteiger partial charge >= 0.3 is 6.03 Å². The number of carbonyl (C=O) groups excluding carboxylic acids is 1. The molecule has 2 amide bonds. The number of urea groups is 1. The fraction of sp³-hybridized carbons (Fsp3) is 0.435. The smallest absolute Gasteiger partial charge is 0.321 e. The lowest BCUT2D eigenvalue weighted by atomic mass is 9.87. The Hall–Kier alpha value is -2.04. The van der Waals surface area contributed by atoms with Crippen LogP contribution in [0.25, 0.3) is 0 Å². The first-order chi connectivity index (χ1) is 13.2. The maximum atomic E-state index is 12.6. The molecule has 4 nitrogen and oxygen atoms in total. The predicted octanol–water partition coefficient (Wildman–Crippen LogP) is 5.30. The van der Waals surface area contributed by atoms with Crippen molar-refractivity contribution in [2.24, 2.45) is 0 Å². The second-order valence-corrected chi connectivity index (χ2v) is 8.98. The molecule has 1 aliphatic rings. The minimum atomic E-state index is -0.0784. The first-order valence-corrected chi connectivity index (χ1v) is 10.2. The highest BCUT2D eigenvalue weighted by atomic mass is 35.5. The number of rotatable bonds is 3. The molecule has 3 rings (SSSR count). The average Bonchev–Trinajstić information content (AvgIpc) is 2.65. The van der Waals surface area contributed by atoms with Crippen LogP contribution in [0.1, 0.15) is 37.5 Å². The summed E-state index contributed by atoms with van der Waals surface area (Å²) < 4.78 is 0. The van der Waals surface area contributed by atoms with Gasteiger partial charge in [-0.25, -0.2) is 4.79 Å². The highest BCUT2D eigenvalue weighted by Crippen LogP contribution is 2.26. The van der Waals surface area contributed by atoms with Gasteiger partial charge in [-0.1, -0.05) is 68.8 Å². The largest absolute Gasteiger partial charge is 0.322 e. The zero-order valence-electron chi connectivity index (χ0n) is 17.3. The van der Waals surface area contributed by atoms with E-state index in [0.717, 1.165) is 38.3 Å². The Morgan fingerprint density at radius 2 is 1.68 bits per heavy atom. The van der Waals surface area contributed by atoms with E-state index >= 15 is 0 Å². The summed E-state index contributed by atoms with van der Waals surface area (Å²) in [5.74, 6) is 0. The molecular formula is C23H30ClN3O. The molecule has 0 aromatic heterocycles. The number of aryl methyl sites for hydroxylation is 1. The molecular weight excluding hydrogens is 370 g/mol. The van der Waals surface area contributed by atoms with E-state index in [2.05, 4.69) is 55.3 Å². The standard InChI is InChI=1S/C23H30ClN3O/c1-17-6-5-7-20(24)21(17)25-22(28)27-14-12-26(13-15-27)16-18-8-10-19(11-9-18)23(2,3)4/h5-11H,12-16H2,1-4H3,(H,25,28). The van der Waals surface area contributed by atoms with Crippen LogP contribution in [0.2, 0.25) is 5.02 Å². The lowest BCUT2D eigenvalue weighted by molar-refractivity contribution is 0.143. The fourth-order valence-electron chi connectivity index (χ4n) is 3.45. The van der Waals surface area contributed by atoms with E-state index in [9.17, 15) is 4.79 Å². The van der Waals surface area contributed by atoms with Crippen LogP contribution in [0.4, 0.5) is 10.5 Å². The number of hydrogen-bond donors (Lipinski definition) is 1. The van der Waals surface area contributed by atoms with Gasteiger partial charge in [-0.15, -0.1) is 0 Å². The molecule has 2 aromatic carbocycles. The van der Waals surface area contributed by atoms with E-state index in [1.165, 1.54) is 11.1 Å². The summed E-state index contributed by atoms with van der Waals surface area (Å²) in [7, 11) is 0. The molecule has 1 aliphatic heterocycles. The fourth-order valence-corrected chi connectivity index (χ4v) is 3.72. The molecule has 1 N–H and O–H groups in total. The Balaban J connectivity index is 1.52. The first kappa shape index (κ1) is 20.7. The van der Waals surface area contributed by atoms with Crippen molar-refractivity contribution in [1.82, 2.24) is 9.80 Å². The van der Waals surface area contributed by atoms with Gasteiger partial charge in [0.2, 0.25) is 0 Å². The van der Waals surface area contributed by atoms with Gasteiger partial charge in [-0.05, 0) is 35.1 Å². The van der Waals surface area contributed by atoms with Gasteiger partial charge in [-0.3, -0.25) is 4.90 Å². The highest BCUT2D eigenvalue weighted by molar-refractivity contribution is 6.33. The molecule has 0 saturated carbocycles. The summed E-state index contributed by atoms with van der Waals surface area (Å²) in [6.07, 6.45) is 0. The number of para-hydroxylation sites is 1. The van der Waals surface area contributed by atoms with E-state index in [0.29, 0.717) is 10.7 Å². The van der Waals surface area contributed by atoms with Crippen LogP contribution in [0, 0.1) is 6.92 Å². The summed E-state index contributed by atoms with van der Waals surface area (Å²) >= 11 is 6.22. The van der Waals surface area contributed by atoms with Crippen molar-refractivity contribution < 1.29 is 4.79 Å². The second-order valence-electron chi connectivity index (χ2n) is 8.57. The molecule has 150 valence electrons. The van der Waals surface area contributed by atoms with Crippen LogP contribution in [0.3, 0.4) is 0 Å². The summed E-state index contributed by atoms with van der Waals surface area (Å²) in [5.41, 5.74) is 4.52. The predicted molar refractivity (Wildman–Crippen MR) is 117 cm³/mol.